The second-order valence-corrected chi connectivity index (χ2v) is 8.52. The average molecular weight is 298 g/mol. The first-order valence-corrected chi connectivity index (χ1v) is 8.88. The fourth-order valence-electron chi connectivity index (χ4n) is 6.55. The Labute approximate surface area is 133 Å². The van der Waals surface area contributed by atoms with E-state index in [1.54, 1.807) is 6.08 Å². The van der Waals surface area contributed by atoms with Crippen molar-refractivity contribution in [2.24, 2.45) is 34.5 Å². The third-order valence-electron chi connectivity index (χ3n) is 7.84. The number of fused-ring (bicyclic) bond motifs is 5. The molecular weight excluding hydrogens is 272 g/mol. The molecule has 1 N–H and O–H groups in total. The maximum absolute atomic E-state index is 11.7. The van der Waals surface area contributed by atoms with E-state index in [0.29, 0.717) is 17.9 Å². The molecule has 4 rings (SSSR count). The van der Waals surface area contributed by atoms with Gasteiger partial charge < -0.3 is 5.32 Å². The second-order valence-electron chi connectivity index (χ2n) is 8.52. The van der Waals surface area contributed by atoms with E-state index in [0.717, 1.165) is 18.8 Å². The van der Waals surface area contributed by atoms with E-state index in [1.807, 2.05) is 0 Å². The van der Waals surface area contributed by atoms with Gasteiger partial charge in [0.15, 0.2) is 0 Å². The van der Waals surface area contributed by atoms with Gasteiger partial charge in [0.2, 0.25) is 5.91 Å². The fourth-order valence-corrected chi connectivity index (χ4v) is 6.55. The van der Waals surface area contributed by atoms with E-state index >= 15 is 0 Å². The Morgan fingerprint density at radius 3 is 2.77 bits per heavy atom. The zero-order chi connectivity index (χ0) is 15.5. The van der Waals surface area contributed by atoms with Gasteiger partial charge in [-0.2, -0.15) is 5.26 Å². The Bertz CT molecular complexity index is 576. The summed E-state index contributed by atoms with van der Waals surface area (Å²) in [4.78, 5) is 11.7. The van der Waals surface area contributed by atoms with Crippen LogP contribution >= 0.6 is 0 Å². The largest absolute Gasteiger partial charge is 0.349 e. The first kappa shape index (κ1) is 14.3. The lowest BCUT2D eigenvalue weighted by Gasteiger charge is -2.58. The molecule has 3 fully saturated rings. The highest BCUT2D eigenvalue weighted by molar-refractivity contribution is 5.89. The minimum Gasteiger partial charge on any atom is -0.349 e. The number of carbonyl (C=O) groups is 1. The molecule has 0 saturated heterocycles. The smallest absolute Gasteiger partial charge is 0.243 e. The topological polar surface area (TPSA) is 52.9 Å². The Morgan fingerprint density at radius 1 is 1.18 bits per heavy atom. The molecule has 3 saturated carbocycles. The van der Waals surface area contributed by atoms with Crippen molar-refractivity contribution in [3.8, 4) is 6.07 Å². The molecule has 3 aliphatic carbocycles. The zero-order valence-electron chi connectivity index (χ0n) is 13.6. The zero-order valence-corrected chi connectivity index (χ0v) is 13.6. The van der Waals surface area contributed by atoms with Gasteiger partial charge in [-0.15, -0.1) is 0 Å². The molecule has 0 aromatic heterocycles. The van der Waals surface area contributed by atoms with Gasteiger partial charge in [0.05, 0.1) is 12.0 Å². The molecular formula is C19H26N2O. The fraction of sp³-hybridized carbons (Fsp3) is 0.789. The summed E-state index contributed by atoms with van der Waals surface area (Å²) in [5.41, 5.74) is 0.351. The van der Waals surface area contributed by atoms with Gasteiger partial charge in [-0.1, -0.05) is 19.9 Å². The lowest BCUT2D eigenvalue weighted by molar-refractivity contribution is -0.122. The maximum atomic E-state index is 11.7. The number of hydrogen-bond acceptors (Lipinski definition) is 2. The van der Waals surface area contributed by atoms with Gasteiger partial charge in [0.25, 0.3) is 0 Å². The number of nitrogens with zero attached hydrogens (tertiary/aromatic N) is 1. The molecule has 1 heterocycles. The van der Waals surface area contributed by atoms with Crippen molar-refractivity contribution in [3.05, 3.63) is 12.2 Å². The molecule has 7 atom stereocenters. The lowest BCUT2D eigenvalue weighted by Crippen LogP contribution is -2.59. The molecule has 3 heteroatoms. The number of hydrogen-bond donors (Lipinski definition) is 1. The predicted molar refractivity (Wildman–Crippen MR) is 84.6 cm³/mol. The average Bonchev–Trinajstić information content (AvgIpc) is 2.84. The second kappa shape index (κ2) is 4.60. The SMILES string of the molecule is C[C@]12C=CC(=O)N[C@@H]1CC[C@@H]1[C@@H]2CC[C@]2(C)C(C#N)CC[C@@H]12. The van der Waals surface area contributed by atoms with Crippen molar-refractivity contribution in [1.29, 1.82) is 5.26 Å². The summed E-state index contributed by atoms with van der Waals surface area (Å²) < 4.78 is 0. The highest BCUT2D eigenvalue weighted by Gasteiger charge is 2.59. The highest BCUT2D eigenvalue weighted by Crippen LogP contribution is 2.64. The standard InChI is InChI=1S/C19H26N2O/c1-18-9-7-15-13(14(18)5-3-12(18)11-20)4-6-16-19(15,2)10-8-17(22)21-16/h8,10,12-16H,3-7,9H2,1-2H3,(H,21,22)/t12?,13-,14-,15-,16+,18+,19+/m0/s1. The first-order valence-electron chi connectivity index (χ1n) is 8.88. The quantitative estimate of drug-likeness (QED) is 0.745. The molecule has 3 nitrogen and oxygen atoms in total. The summed E-state index contributed by atoms with van der Waals surface area (Å²) in [6, 6.07) is 2.91. The summed E-state index contributed by atoms with van der Waals surface area (Å²) >= 11 is 0. The molecule has 22 heavy (non-hydrogen) atoms. The van der Waals surface area contributed by atoms with Crippen molar-refractivity contribution < 1.29 is 4.79 Å². The number of nitrogens with one attached hydrogen (secondary N) is 1. The molecule has 0 aromatic carbocycles. The van der Waals surface area contributed by atoms with E-state index in [1.165, 1.54) is 25.7 Å². The van der Waals surface area contributed by atoms with Crippen LogP contribution in [-0.2, 0) is 4.79 Å². The van der Waals surface area contributed by atoms with E-state index in [2.05, 4.69) is 31.3 Å². The summed E-state index contributed by atoms with van der Waals surface area (Å²) in [5, 5.41) is 12.7. The summed E-state index contributed by atoms with van der Waals surface area (Å²) in [7, 11) is 0. The summed E-state index contributed by atoms with van der Waals surface area (Å²) in [5.74, 6) is 2.44. The van der Waals surface area contributed by atoms with Gasteiger partial charge in [-0.25, -0.2) is 0 Å². The molecule has 1 aliphatic heterocycles. The highest BCUT2D eigenvalue weighted by atomic mass is 16.1. The van der Waals surface area contributed by atoms with E-state index < -0.39 is 0 Å². The maximum Gasteiger partial charge on any atom is 0.243 e. The van der Waals surface area contributed by atoms with Crippen LogP contribution in [0.15, 0.2) is 12.2 Å². The van der Waals surface area contributed by atoms with Crippen LogP contribution in [0.25, 0.3) is 0 Å². The van der Waals surface area contributed by atoms with Crippen LogP contribution in [0.3, 0.4) is 0 Å². The van der Waals surface area contributed by atoms with Crippen molar-refractivity contribution in [1.82, 2.24) is 5.32 Å². The molecule has 1 amide bonds. The minimum atomic E-state index is 0.0759. The van der Waals surface area contributed by atoms with Gasteiger partial charge in [-0.3, -0.25) is 4.79 Å². The molecule has 118 valence electrons. The van der Waals surface area contributed by atoms with Crippen molar-refractivity contribution in [2.45, 2.75) is 58.4 Å². The minimum absolute atomic E-state index is 0.0759. The van der Waals surface area contributed by atoms with Gasteiger partial charge in [-0.05, 0) is 67.8 Å². The number of nitriles is 1. The Kier molecular flexibility index (Phi) is 2.99. The van der Waals surface area contributed by atoms with Crippen LogP contribution in [0.5, 0.6) is 0 Å². The number of rotatable bonds is 0. The predicted octanol–water partition coefficient (Wildman–Crippen LogP) is 3.42. The van der Waals surface area contributed by atoms with Crippen LogP contribution < -0.4 is 5.32 Å². The Balaban J connectivity index is 1.68. The Morgan fingerprint density at radius 2 is 2.00 bits per heavy atom. The van der Waals surface area contributed by atoms with E-state index in [9.17, 15) is 10.1 Å². The van der Waals surface area contributed by atoms with Crippen LogP contribution in [-0.4, -0.2) is 11.9 Å². The van der Waals surface area contributed by atoms with Crippen molar-refractivity contribution in [3.63, 3.8) is 0 Å². The van der Waals surface area contributed by atoms with Gasteiger partial charge in [0.1, 0.15) is 0 Å². The van der Waals surface area contributed by atoms with Crippen LogP contribution in [0, 0.1) is 45.8 Å². The first-order chi connectivity index (χ1) is 10.5. The Hall–Kier alpha value is -1.30. The normalized spacial score (nSPS) is 53.0. The van der Waals surface area contributed by atoms with Crippen molar-refractivity contribution >= 4 is 5.91 Å². The molecule has 4 aliphatic rings. The molecule has 1 unspecified atom stereocenters. The number of carbonyl (C=O) groups excluding carboxylic acids is 1. The van der Waals surface area contributed by atoms with E-state index in [-0.39, 0.29) is 22.7 Å². The molecule has 0 spiro atoms. The van der Waals surface area contributed by atoms with Crippen LogP contribution in [0.1, 0.15) is 52.4 Å². The lowest BCUT2D eigenvalue weighted by atomic mass is 9.48. The van der Waals surface area contributed by atoms with Gasteiger partial charge >= 0.3 is 0 Å². The van der Waals surface area contributed by atoms with Gasteiger partial charge in [0, 0.05) is 11.5 Å². The molecule has 0 aromatic rings. The summed E-state index contributed by atoms with van der Waals surface area (Å²) in [6.07, 6.45) is 11.0. The molecule has 0 bridgehead atoms. The van der Waals surface area contributed by atoms with Crippen molar-refractivity contribution in [2.75, 3.05) is 0 Å². The monoisotopic (exact) mass is 298 g/mol. The third kappa shape index (κ3) is 1.70. The van der Waals surface area contributed by atoms with Crippen LogP contribution in [0.2, 0.25) is 0 Å². The molecule has 0 radical (unpaired) electrons. The summed E-state index contributed by atoms with van der Waals surface area (Å²) in [6.45, 7) is 4.73. The van der Waals surface area contributed by atoms with E-state index in [4.69, 9.17) is 0 Å². The van der Waals surface area contributed by atoms with Crippen LogP contribution in [0.4, 0.5) is 0 Å². The third-order valence-corrected chi connectivity index (χ3v) is 7.84. The number of amides is 1.